The molecule has 0 N–H and O–H groups in total. The molecule has 9 aromatic carbocycles. The number of benzene rings is 9. The second-order valence-corrected chi connectivity index (χ2v) is 15.2. The molecule has 2 aromatic heterocycles. The van der Waals surface area contributed by atoms with Gasteiger partial charge in [0.1, 0.15) is 0 Å². The minimum atomic E-state index is 1.11. The number of anilines is 3. The smallest absolute Gasteiger partial charge is 0.0619 e. The van der Waals surface area contributed by atoms with Crippen LogP contribution >= 0.6 is 11.3 Å². The Bertz CT molecular complexity index is 3190. The lowest BCUT2D eigenvalue weighted by atomic mass is 9.94. The number of hydrogen-bond acceptors (Lipinski definition) is 2. The summed E-state index contributed by atoms with van der Waals surface area (Å²) in [6.07, 6.45) is 0. The van der Waals surface area contributed by atoms with E-state index < -0.39 is 0 Å². The Morgan fingerprint density at radius 1 is 0.364 bits per heavy atom. The number of hydrogen-bond donors (Lipinski definition) is 0. The molecule has 0 aliphatic carbocycles. The number of fused-ring (bicyclic) bond motifs is 8. The fraction of sp³-hybridized carbons (Fsp3) is 0. The van der Waals surface area contributed by atoms with E-state index in [-0.39, 0.29) is 0 Å². The third kappa shape index (κ3) is 5.16. The second kappa shape index (κ2) is 12.9. The maximum atomic E-state index is 2.43. The fourth-order valence-corrected chi connectivity index (χ4v) is 9.59. The van der Waals surface area contributed by atoms with Crippen LogP contribution in [-0.2, 0) is 0 Å². The van der Waals surface area contributed by atoms with Crippen LogP contribution in [0.15, 0.2) is 206 Å². The minimum absolute atomic E-state index is 1.11. The summed E-state index contributed by atoms with van der Waals surface area (Å²) in [5.74, 6) is 0. The molecule has 0 bridgehead atoms. The van der Waals surface area contributed by atoms with Crippen LogP contribution in [0.3, 0.4) is 0 Å². The summed E-state index contributed by atoms with van der Waals surface area (Å²) in [6.45, 7) is 0. The highest BCUT2D eigenvalue weighted by molar-refractivity contribution is 7.25. The van der Waals surface area contributed by atoms with Gasteiger partial charge < -0.3 is 9.47 Å². The normalized spacial score (nSPS) is 11.6. The van der Waals surface area contributed by atoms with Crippen LogP contribution in [0.1, 0.15) is 0 Å². The molecule has 0 saturated carbocycles. The maximum Gasteiger partial charge on any atom is 0.0619 e. The van der Waals surface area contributed by atoms with Gasteiger partial charge >= 0.3 is 0 Å². The number of rotatable bonds is 6. The minimum Gasteiger partial charge on any atom is -0.310 e. The van der Waals surface area contributed by atoms with Crippen molar-refractivity contribution >= 4 is 81.1 Å². The number of thiophene rings is 1. The van der Waals surface area contributed by atoms with Gasteiger partial charge in [-0.2, -0.15) is 0 Å². The monoisotopic (exact) mass is 718 g/mol. The van der Waals surface area contributed by atoms with Crippen LogP contribution in [0, 0.1) is 0 Å². The Kier molecular flexibility index (Phi) is 7.39. The number of nitrogens with zero attached hydrogens (tertiary/aromatic N) is 2. The largest absolute Gasteiger partial charge is 0.310 e. The first-order valence-electron chi connectivity index (χ1n) is 18.8. The van der Waals surface area contributed by atoms with E-state index in [4.69, 9.17) is 0 Å². The Morgan fingerprint density at radius 2 is 0.964 bits per heavy atom. The first-order chi connectivity index (χ1) is 27.3. The Balaban J connectivity index is 1.11. The summed E-state index contributed by atoms with van der Waals surface area (Å²) in [5, 5.41) is 7.58. The van der Waals surface area contributed by atoms with Crippen molar-refractivity contribution in [1.82, 2.24) is 4.57 Å². The van der Waals surface area contributed by atoms with Gasteiger partial charge in [-0.05, 0) is 88.8 Å². The molecule has 3 heteroatoms. The van der Waals surface area contributed by atoms with Crippen LogP contribution in [0.5, 0.6) is 0 Å². The molecule has 0 amide bonds. The van der Waals surface area contributed by atoms with Crippen molar-refractivity contribution in [2.24, 2.45) is 0 Å². The van der Waals surface area contributed by atoms with Crippen LogP contribution in [0.4, 0.5) is 17.1 Å². The van der Waals surface area contributed by atoms with Gasteiger partial charge in [0.25, 0.3) is 0 Å². The van der Waals surface area contributed by atoms with Crippen molar-refractivity contribution in [2.75, 3.05) is 4.90 Å². The van der Waals surface area contributed by atoms with Crippen molar-refractivity contribution in [3.8, 4) is 27.9 Å². The summed E-state index contributed by atoms with van der Waals surface area (Å²) >= 11 is 1.86. The van der Waals surface area contributed by atoms with Gasteiger partial charge in [-0.15, -0.1) is 11.3 Å². The molecule has 0 radical (unpaired) electrons. The third-order valence-corrected chi connectivity index (χ3v) is 12.1. The van der Waals surface area contributed by atoms with Gasteiger partial charge in [-0.3, -0.25) is 0 Å². The molecule has 2 heterocycles. The lowest BCUT2D eigenvalue weighted by molar-refractivity contribution is 1.19. The quantitative estimate of drug-likeness (QED) is 0.166. The molecule has 55 heavy (non-hydrogen) atoms. The molecular weight excluding hydrogens is 685 g/mol. The van der Waals surface area contributed by atoms with E-state index in [0.717, 1.165) is 17.1 Å². The lowest BCUT2D eigenvalue weighted by Gasteiger charge is -2.28. The molecule has 2 nitrogen and oxygen atoms in total. The molecule has 0 aliphatic rings. The number of para-hydroxylation sites is 3. The molecule has 258 valence electrons. The molecule has 0 saturated heterocycles. The summed E-state index contributed by atoms with van der Waals surface area (Å²) < 4.78 is 5.04. The highest BCUT2D eigenvalue weighted by Gasteiger charge is 2.21. The molecule has 0 aliphatic heterocycles. The molecule has 0 fully saturated rings. The van der Waals surface area contributed by atoms with Gasteiger partial charge in [0.2, 0.25) is 0 Å². The van der Waals surface area contributed by atoms with Crippen molar-refractivity contribution in [1.29, 1.82) is 0 Å². The summed E-state index contributed by atoms with van der Waals surface area (Å²) in [7, 11) is 0. The molecular formula is C52H34N2S. The fourth-order valence-electron chi connectivity index (χ4n) is 8.51. The third-order valence-electron chi connectivity index (χ3n) is 11.0. The predicted octanol–water partition coefficient (Wildman–Crippen LogP) is 15.1. The van der Waals surface area contributed by atoms with E-state index in [2.05, 4.69) is 216 Å². The van der Waals surface area contributed by atoms with E-state index in [0.29, 0.717) is 0 Å². The van der Waals surface area contributed by atoms with Crippen molar-refractivity contribution in [3.63, 3.8) is 0 Å². The summed E-state index contributed by atoms with van der Waals surface area (Å²) in [4.78, 5) is 2.42. The van der Waals surface area contributed by atoms with Crippen molar-refractivity contribution in [2.45, 2.75) is 0 Å². The zero-order chi connectivity index (χ0) is 36.3. The molecule has 0 spiro atoms. The van der Waals surface area contributed by atoms with E-state index in [9.17, 15) is 0 Å². The number of aromatic nitrogens is 1. The summed E-state index contributed by atoms with van der Waals surface area (Å²) in [6, 6.07) is 75.1. The van der Waals surface area contributed by atoms with Gasteiger partial charge in [-0.1, -0.05) is 140 Å². The predicted molar refractivity (Wildman–Crippen MR) is 237 cm³/mol. The highest BCUT2D eigenvalue weighted by Crippen LogP contribution is 2.45. The van der Waals surface area contributed by atoms with E-state index in [1.54, 1.807) is 0 Å². The van der Waals surface area contributed by atoms with Gasteiger partial charge in [-0.25, -0.2) is 0 Å². The Hall–Kier alpha value is -6.94. The molecule has 0 unspecified atom stereocenters. The average molecular weight is 719 g/mol. The van der Waals surface area contributed by atoms with Gasteiger partial charge in [0.15, 0.2) is 0 Å². The summed E-state index contributed by atoms with van der Waals surface area (Å²) in [5.41, 5.74) is 11.8. The van der Waals surface area contributed by atoms with Crippen LogP contribution in [0.2, 0.25) is 0 Å². The Morgan fingerprint density at radius 3 is 1.78 bits per heavy atom. The first-order valence-corrected chi connectivity index (χ1v) is 19.6. The standard InChI is InChI=1S/C52H34N2S/c1-3-15-35(16-4-1)40-19-9-12-24-48(40)53(39-31-32-51-46(33-39)43-22-11-14-26-50(43)55-51)38-29-27-36(28-30-38)45-34-47-42-21-10-13-25-49(42)54(37-17-5-2-6-18-37)52(47)44-23-8-7-20-41(44)45/h1-34H. The van der Waals surface area contributed by atoms with Crippen molar-refractivity contribution in [3.05, 3.63) is 206 Å². The van der Waals surface area contributed by atoms with E-state index >= 15 is 0 Å². The molecule has 0 atom stereocenters. The molecule has 11 rings (SSSR count). The lowest BCUT2D eigenvalue weighted by Crippen LogP contribution is -2.11. The van der Waals surface area contributed by atoms with E-state index in [1.165, 1.54) is 80.7 Å². The van der Waals surface area contributed by atoms with Crippen LogP contribution < -0.4 is 4.90 Å². The van der Waals surface area contributed by atoms with Crippen LogP contribution in [-0.4, -0.2) is 4.57 Å². The zero-order valence-electron chi connectivity index (χ0n) is 29.9. The van der Waals surface area contributed by atoms with Gasteiger partial charge in [0.05, 0.1) is 16.7 Å². The molecule has 11 aromatic rings. The first kappa shape index (κ1) is 31.6. The average Bonchev–Trinajstić information content (AvgIpc) is 3.80. The van der Waals surface area contributed by atoms with Crippen LogP contribution in [0.25, 0.3) is 80.7 Å². The van der Waals surface area contributed by atoms with Gasteiger partial charge in [0, 0.05) is 59.0 Å². The zero-order valence-corrected chi connectivity index (χ0v) is 30.7. The Labute approximate surface area is 323 Å². The topological polar surface area (TPSA) is 8.17 Å². The van der Waals surface area contributed by atoms with E-state index in [1.807, 2.05) is 11.3 Å². The highest BCUT2D eigenvalue weighted by atomic mass is 32.1. The second-order valence-electron chi connectivity index (χ2n) is 14.1. The van der Waals surface area contributed by atoms with Crippen molar-refractivity contribution < 1.29 is 0 Å². The SMILES string of the molecule is c1ccc(-c2ccccc2N(c2ccc(-c3cc4c5ccccc5n(-c5ccccc5)c4c4ccccc34)cc2)c2ccc3sc4ccccc4c3c2)cc1. The maximum absolute atomic E-state index is 2.43.